The molecule has 0 amide bonds. The molecular weight excluding hydrogens is 400 g/mol. The normalized spacial score (nSPS) is 16.2. The van der Waals surface area contributed by atoms with Crippen molar-refractivity contribution in [3.8, 4) is 22.4 Å². The highest BCUT2D eigenvalue weighted by atomic mass is 16.5. The maximum atomic E-state index is 12.1. The average Bonchev–Trinajstić information content (AvgIpc) is 3.46. The Bertz CT molecular complexity index is 1300. The minimum atomic E-state index is -0.0852. The van der Waals surface area contributed by atoms with Gasteiger partial charge in [0.05, 0.1) is 36.3 Å². The van der Waals surface area contributed by atoms with Crippen molar-refractivity contribution in [2.24, 2.45) is 13.0 Å². The molecule has 1 unspecified atom stereocenters. The highest BCUT2D eigenvalue weighted by Gasteiger charge is 2.24. The van der Waals surface area contributed by atoms with Crippen LogP contribution in [0, 0.1) is 5.92 Å². The lowest BCUT2D eigenvalue weighted by Crippen LogP contribution is -2.19. The van der Waals surface area contributed by atoms with Gasteiger partial charge in [-0.1, -0.05) is 36.4 Å². The molecule has 0 N–H and O–H groups in total. The summed E-state index contributed by atoms with van der Waals surface area (Å²) in [6.45, 7) is 2.29. The summed E-state index contributed by atoms with van der Waals surface area (Å²) in [6, 6.07) is 14.7. The third kappa shape index (κ3) is 3.73. The molecule has 1 aliphatic carbocycles. The van der Waals surface area contributed by atoms with Gasteiger partial charge in [0, 0.05) is 24.4 Å². The Morgan fingerprint density at radius 1 is 1.06 bits per heavy atom. The number of nitrogens with zero attached hydrogens (tertiary/aromatic N) is 4. The van der Waals surface area contributed by atoms with E-state index < -0.39 is 0 Å². The van der Waals surface area contributed by atoms with E-state index in [9.17, 15) is 4.79 Å². The molecule has 1 aliphatic rings. The van der Waals surface area contributed by atoms with Crippen molar-refractivity contribution in [2.75, 3.05) is 6.61 Å². The van der Waals surface area contributed by atoms with E-state index in [0.717, 1.165) is 46.6 Å². The number of imidazole rings is 1. The number of aromatic nitrogens is 4. The topological polar surface area (TPSA) is 61.4 Å². The first-order chi connectivity index (χ1) is 15.6. The molecule has 3 aromatic heterocycles. The third-order valence-corrected chi connectivity index (χ3v) is 6.11. The monoisotopic (exact) mass is 426 g/mol. The van der Waals surface area contributed by atoms with Gasteiger partial charge in [0.2, 0.25) is 0 Å². The fraction of sp³-hybridized carbons (Fsp3) is 0.269. The summed E-state index contributed by atoms with van der Waals surface area (Å²) in [4.78, 5) is 16.8. The molecule has 0 bridgehead atoms. The van der Waals surface area contributed by atoms with E-state index in [1.54, 1.807) is 0 Å². The van der Waals surface area contributed by atoms with Crippen molar-refractivity contribution < 1.29 is 9.53 Å². The Morgan fingerprint density at radius 2 is 1.88 bits per heavy atom. The number of pyridine rings is 1. The summed E-state index contributed by atoms with van der Waals surface area (Å²) in [5.41, 5.74) is 7.70. The number of hydrogen-bond acceptors (Lipinski definition) is 4. The van der Waals surface area contributed by atoms with E-state index in [0.29, 0.717) is 13.0 Å². The van der Waals surface area contributed by atoms with E-state index in [2.05, 4.69) is 50.9 Å². The highest BCUT2D eigenvalue weighted by molar-refractivity contribution is 5.77. The lowest BCUT2D eigenvalue weighted by molar-refractivity contribution is -0.148. The van der Waals surface area contributed by atoms with Gasteiger partial charge in [-0.25, -0.2) is 4.98 Å². The minimum absolute atomic E-state index is 0.0415. The molecule has 1 atom stereocenters. The zero-order chi connectivity index (χ0) is 22.1. The van der Waals surface area contributed by atoms with E-state index in [1.807, 2.05) is 49.4 Å². The summed E-state index contributed by atoms with van der Waals surface area (Å²) in [5.74, 6) is -0.127. The fourth-order valence-electron chi connectivity index (χ4n) is 4.44. The predicted molar refractivity (Wildman–Crippen MR) is 125 cm³/mol. The Balaban J connectivity index is 1.48. The molecule has 6 nitrogen and oxygen atoms in total. The van der Waals surface area contributed by atoms with Crippen LogP contribution >= 0.6 is 0 Å². The molecule has 6 heteroatoms. The molecule has 162 valence electrons. The second-order valence-corrected chi connectivity index (χ2v) is 8.18. The molecule has 32 heavy (non-hydrogen) atoms. The van der Waals surface area contributed by atoms with Crippen molar-refractivity contribution in [2.45, 2.75) is 26.2 Å². The quantitative estimate of drug-likeness (QED) is 0.414. The van der Waals surface area contributed by atoms with Crippen molar-refractivity contribution in [3.05, 3.63) is 72.8 Å². The van der Waals surface area contributed by atoms with Crippen LogP contribution in [-0.4, -0.2) is 31.7 Å². The molecule has 3 heterocycles. The molecule has 0 radical (unpaired) electrons. The number of fused-ring (bicyclic) bond motifs is 1. The van der Waals surface area contributed by atoms with Crippen LogP contribution in [0.5, 0.6) is 0 Å². The van der Waals surface area contributed by atoms with Gasteiger partial charge >= 0.3 is 5.97 Å². The number of carbonyl (C=O) groups is 1. The van der Waals surface area contributed by atoms with E-state index in [-0.39, 0.29) is 11.9 Å². The van der Waals surface area contributed by atoms with E-state index in [4.69, 9.17) is 4.74 Å². The number of carbonyl (C=O) groups excluding carboxylic acids is 1. The first-order valence-electron chi connectivity index (χ1n) is 11.1. The van der Waals surface area contributed by atoms with Crippen molar-refractivity contribution in [3.63, 3.8) is 0 Å². The van der Waals surface area contributed by atoms with E-state index >= 15 is 0 Å². The van der Waals surface area contributed by atoms with Gasteiger partial charge < -0.3 is 4.74 Å². The Kier molecular flexibility index (Phi) is 5.35. The SMILES string of the molecule is CCOC(=O)C1CC=C(c2cccc3ncc(-c4ccc(-c5cnn(C)c5)cc4)n23)CC1. The number of rotatable bonds is 5. The number of esters is 1. The van der Waals surface area contributed by atoms with Gasteiger partial charge in [0.1, 0.15) is 5.65 Å². The van der Waals surface area contributed by atoms with Crippen LogP contribution < -0.4 is 0 Å². The number of aryl methyl sites for hydroxylation is 1. The first kappa shape index (κ1) is 20.2. The summed E-state index contributed by atoms with van der Waals surface area (Å²) >= 11 is 0. The molecule has 0 spiro atoms. The maximum absolute atomic E-state index is 12.1. The van der Waals surface area contributed by atoms with Crippen LogP contribution in [0.25, 0.3) is 33.6 Å². The van der Waals surface area contributed by atoms with Crippen LogP contribution in [0.4, 0.5) is 0 Å². The first-order valence-corrected chi connectivity index (χ1v) is 11.1. The van der Waals surface area contributed by atoms with Gasteiger partial charge in [-0.2, -0.15) is 5.10 Å². The van der Waals surface area contributed by atoms with Crippen LogP contribution in [0.15, 0.2) is 67.1 Å². The third-order valence-electron chi connectivity index (χ3n) is 6.11. The molecule has 4 aromatic rings. The van der Waals surface area contributed by atoms with Crippen LogP contribution in [0.3, 0.4) is 0 Å². The molecule has 0 fully saturated rings. The van der Waals surface area contributed by atoms with Crippen molar-refractivity contribution in [1.82, 2.24) is 19.2 Å². The largest absolute Gasteiger partial charge is 0.466 e. The smallest absolute Gasteiger partial charge is 0.309 e. The molecule has 0 saturated heterocycles. The molecular formula is C26H26N4O2. The van der Waals surface area contributed by atoms with Gasteiger partial charge in [-0.15, -0.1) is 0 Å². The Labute approximate surface area is 187 Å². The standard InChI is InChI=1S/C26H26N4O2/c1-3-32-26(31)21-13-11-19(12-14-21)23-5-4-6-25-27-16-24(30(23)25)20-9-7-18(8-10-20)22-15-28-29(2)17-22/h4-11,15-17,21H,3,12-14H2,1-2H3. The summed E-state index contributed by atoms with van der Waals surface area (Å²) in [5, 5.41) is 4.26. The van der Waals surface area contributed by atoms with Gasteiger partial charge in [0.15, 0.2) is 0 Å². The molecule has 0 saturated carbocycles. The minimum Gasteiger partial charge on any atom is -0.466 e. The molecule has 0 aliphatic heterocycles. The lowest BCUT2D eigenvalue weighted by atomic mass is 9.88. The Morgan fingerprint density at radius 3 is 2.56 bits per heavy atom. The lowest BCUT2D eigenvalue weighted by Gasteiger charge is -2.21. The van der Waals surface area contributed by atoms with Gasteiger partial charge in [0.25, 0.3) is 0 Å². The summed E-state index contributed by atoms with van der Waals surface area (Å²) in [7, 11) is 1.92. The van der Waals surface area contributed by atoms with Crippen LogP contribution in [-0.2, 0) is 16.6 Å². The van der Waals surface area contributed by atoms with Gasteiger partial charge in [-0.3, -0.25) is 13.9 Å². The van der Waals surface area contributed by atoms with Crippen LogP contribution in [0.2, 0.25) is 0 Å². The predicted octanol–water partition coefficient (Wildman–Crippen LogP) is 5.15. The van der Waals surface area contributed by atoms with Crippen molar-refractivity contribution >= 4 is 17.2 Å². The maximum Gasteiger partial charge on any atom is 0.309 e. The summed E-state index contributed by atoms with van der Waals surface area (Å²) < 4.78 is 9.24. The average molecular weight is 427 g/mol. The molecule has 1 aromatic carbocycles. The van der Waals surface area contributed by atoms with Gasteiger partial charge in [-0.05, 0) is 49.5 Å². The Hall–Kier alpha value is -3.67. The zero-order valence-electron chi connectivity index (χ0n) is 18.4. The number of allylic oxidation sites excluding steroid dienone is 2. The number of benzene rings is 1. The zero-order valence-corrected chi connectivity index (χ0v) is 18.4. The van der Waals surface area contributed by atoms with Crippen molar-refractivity contribution in [1.29, 1.82) is 0 Å². The number of hydrogen-bond donors (Lipinski definition) is 0. The highest BCUT2D eigenvalue weighted by Crippen LogP contribution is 2.33. The van der Waals surface area contributed by atoms with Crippen LogP contribution in [0.1, 0.15) is 31.9 Å². The number of ether oxygens (including phenoxy) is 1. The second-order valence-electron chi connectivity index (χ2n) is 8.18. The fourth-order valence-corrected chi connectivity index (χ4v) is 4.44. The summed E-state index contributed by atoms with van der Waals surface area (Å²) in [6.07, 6.45) is 10.4. The molecule has 5 rings (SSSR count). The van der Waals surface area contributed by atoms with E-state index in [1.165, 1.54) is 5.57 Å². The second kappa shape index (κ2) is 8.46.